The summed E-state index contributed by atoms with van der Waals surface area (Å²) in [6.45, 7) is 1.99. The molecular weight excluding hydrogens is 352 g/mol. The molecule has 0 saturated heterocycles. The Labute approximate surface area is 163 Å². The summed E-state index contributed by atoms with van der Waals surface area (Å²) in [5.41, 5.74) is 5.31. The largest absolute Gasteiger partial charge is 0.497 e. The number of aryl methyl sites for hydroxylation is 1. The normalized spacial score (nSPS) is 13.4. The van der Waals surface area contributed by atoms with Crippen molar-refractivity contribution >= 4 is 17.4 Å². The molecule has 28 heavy (non-hydrogen) atoms. The molecule has 4 rings (SSSR count). The van der Waals surface area contributed by atoms with Crippen molar-refractivity contribution in [1.82, 2.24) is 5.12 Å². The van der Waals surface area contributed by atoms with Gasteiger partial charge in [0, 0.05) is 5.56 Å². The number of amides is 1. The average molecular weight is 373 g/mol. The van der Waals surface area contributed by atoms with Crippen molar-refractivity contribution in [3.63, 3.8) is 0 Å². The van der Waals surface area contributed by atoms with Crippen LogP contribution in [0.1, 0.15) is 21.5 Å². The second-order valence-corrected chi connectivity index (χ2v) is 6.48. The predicted octanol–water partition coefficient (Wildman–Crippen LogP) is 2.72. The van der Waals surface area contributed by atoms with Gasteiger partial charge in [0.25, 0.3) is 11.7 Å². The van der Waals surface area contributed by atoms with Crippen molar-refractivity contribution in [2.24, 2.45) is 5.10 Å². The number of methoxy groups -OCH3 is 1. The Morgan fingerprint density at radius 1 is 0.929 bits per heavy atom. The molecule has 0 aromatic heterocycles. The molecule has 3 aromatic rings. The van der Waals surface area contributed by atoms with Crippen LogP contribution in [0.5, 0.6) is 5.75 Å². The molecule has 140 valence electrons. The van der Waals surface area contributed by atoms with Crippen molar-refractivity contribution in [3.05, 3.63) is 95.6 Å². The van der Waals surface area contributed by atoms with Crippen LogP contribution >= 0.6 is 0 Å². The maximum absolute atomic E-state index is 13.2. The summed E-state index contributed by atoms with van der Waals surface area (Å²) in [6.07, 6.45) is 0. The lowest BCUT2D eigenvalue weighted by atomic mass is 10.1. The lowest BCUT2D eigenvalue weighted by Crippen LogP contribution is -2.96. The molecule has 0 radical (unpaired) electrons. The molecule has 1 aliphatic heterocycles. The van der Waals surface area contributed by atoms with Crippen LogP contribution in [0.15, 0.2) is 84.0 Å². The summed E-state index contributed by atoms with van der Waals surface area (Å²) in [6, 6.07) is 24.8. The fourth-order valence-electron chi connectivity index (χ4n) is 2.96. The fourth-order valence-corrected chi connectivity index (χ4v) is 2.96. The number of ether oxygens (including phenoxy) is 1. The predicted molar refractivity (Wildman–Crippen MR) is 108 cm³/mol. The zero-order valence-electron chi connectivity index (χ0n) is 15.7. The second-order valence-electron chi connectivity index (χ2n) is 6.48. The van der Waals surface area contributed by atoms with Crippen molar-refractivity contribution in [3.8, 4) is 5.75 Å². The van der Waals surface area contributed by atoms with Crippen LogP contribution in [0, 0.1) is 6.92 Å². The summed E-state index contributed by atoms with van der Waals surface area (Å²) < 4.78 is 5.24. The Morgan fingerprint density at radius 2 is 1.61 bits per heavy atom. The van der Waals surface area contributed by atoms with E-state index in [1.54, 1.807) is 12.2 Å². The average Bonchev–Trinajstić information content (AvgIpc) is 3.20. The van der Waals surface area contributed by atoms with E-state index in [0.29, 0.717) is 5.56 Å². The van der Waals surface area contributed by atoms with Crippen LogP contribution in [0.2, 0.25) is 0 Å². The van der Waals surface area contributed by atoms with Crippen molar-refractivity contribution in [2.45, 2.75) is 6.92 Å². The summed E-state index contributed by atoms with van der Waals surface area (Å²) in [5.74, 6) is 1.28. The Balaban J connectivity index is 1.71. The third-order valence-electron chi connectivity index (χ3n) is 4.54. The Morgan fingerprint density at radius 3 is 2.25 bits per heavy atom. The highest BCUT2D eigenvalue weighted by Gasteiger charge is 2.35. The number of anilines is 1. The number of amidine groups is 1. The lowest BCUT2D eigenvalue weighted by Gasteiger charge is -2.22. The van der Waals surface area contributed by atoms with Crippen LogP contribution < -0.4 is 15.3 Å². The number of quaternary nitrogens is 1. The van der Waals surface area contributed by atoms with Gasteiger partial charge in [0.1, 0.15) is 11.4 Å². The van der Waals surface area contributed by atoms with Crippen LogP contribution in [0.25, 0.3) is 0 Å². The number of hydrazone groups is 1. The molecule has 0 bridgehead atoms. The second kappa shape index (κ2) is 7.54. The molecule has 3 aromatic carbocycles. The van der Waals surface area contributed by atoms with Gasteiger partial charge in [-0.2, -0.15) is 5.43 Å². The fraction of sp³-hybridized carbons (Fsp3) is 0.0909. The zero-order chi connectivity index (χ0) is 19.5. The molecule has 0 aliphatic carbocycles. The van der Waals surface area contributed by atoms with Crippen molar-refractivity contribution in [1.29, 1.82) is 0 Å². The van der Waals surface area contributed by atoms with E-state index >= 15 is 0 Å². The first-order valence-electron chi connectivity index (χ1n) is 8.99. The number of carbonyl (C=O) groups is 1. The van der Waals surface area contributed by atoms with E-state index in [2.05, 4.69) is 5.10 Å². The van der Waals surface area contributed by atoms with Gasteiger partial charge in [-0.3, -0.25) is 4.79 Å². The molecule has 1 heterocycles. The van der Waals surface area contributed by atoms with Gasteiger partial charge in [-0.1, -0.05) is 51.2 Å². The van der Waals surface area contributed by atoms with E-state index in [1.165, 1.54) is 5.12 Å². The number of benzene rings is 3. The van der Waals surface area contributed by atoms with Gasteiger partial charge in [0.2, 0.25) is 0 Å². The van der Waals surface area contributed by atoms with Gasteiger partial charge in [0.05, 0.1) is 12.7 Å². The van der Waals surface area contributed by atoms with E-state index in [4.69, 9.17) is 4.74 Å². The zero-order valence-corrected chi connectivity index (χ0v) is 15.7. The van der Waals surface area contributed by atoms with E-state index in [9.17, 15) is 4.79 Å². The summed E-state index contributed by atoms with van der Waals surface area (Å²) in [4.78, 5) is 13.2. The maximum Gasteiger partial charge on any atom is 0.298 e. The van der Waals surface area contributed by atoms with Crippen LogP contribution in [-0.4, -0.2) is 24.0 Å². The van der Waals surface area contributed by atoms with Crippen LogP contribution in [-0.2, 0) is 0 Å². The Bertz CT molecular complexity index is 999. The monoisotopic (exact) mass is 373 g/mol. The third kappa shape index (κ3) is 3.45. The van der Waals surface area contributed by atoms with Crippen molar-refractivity contribution in [2.75, 3.05) is 12.2 Å². The quantitative estimate of drug-likeness (QED) is 0.716. The lowest BCUT2D eigenvalue weighted by molar-refractivity contribution is -0.561. The number of hydrazine groups is 1. The topological polar surface area (TPSA) is 61.8 Å². The molecule has 0 fully saturated rings. The molecule has 0 saturated carbocycles. The summed E-state index contributed by atoms with van der Waals surface area (Å²) >= 11 is 0. The minimum absolute atomic E-state index is 0.196. The van der Waals surface area contributed by atoms with Gasteiger partial charge in [-0.15, -0.1) is 0 Å². The Kier molecular flexibility index (Phi) is 4.78. The SMILES string of the molecule is COc1ccc(N2[NH2+]C(c3ccccc3)=NN2C(=O)c2ccc(C)cc2)cc1. The number of hydrogen-bond acceptors (Lipinski definition) is 4. The van der Waals surface area contributed by atoms with Gasteiger partial charge in [-0.05, 0) is 55.5 Å². The van der Waals surface area contributed by atoms with Gasteiger partial charge in [-0.25, -0.2) is 0 Å². The minimum atomic E-state index is -0.196. The molecule has 1 aliphatic rings. The van der Waals surface area contributed by atoms with Gasteiger partial charge in [0.15, 0.2) is 0 Å². The molecule has 0 unspecified atom stereocenters. The standard InChI is InChI=1S/C22H20N4O2/c1-16-8-10-18(11-9-16)22(27)26-24-21(17-6-4-3-5-7-17)23-25(26)19-12-14-20(28-2)15-13-19/h3-15H,1-2H3,(H,23,24)/p+1. The van der Waals surface area contributed by atoms with Crippen LogP contribution in [0.4, 0.5) is 5.69 Å². The first-order valence-corrected chi connectivity index (χ1v) is 8.99. The Hall–Kier alpha value is -3.64. The maximum atomic E-state index is 13.2. The highest BCUT2D eigenvalue weighted by molar-refractivity contribution is 5.99. The van der Waals surface area contributed by atoms with E-state index in [1.807, 2.05) is 91.2 Å². The van der Waals surface area contributed by atoms with E-state index in [0.717, 1.165) is 28.4 Å². The van der Waals surface area contributed by atoms with E-state index in [-0.39, 0.29) is 5.91 Å². The third-order valence-corrected chi connectivity index (χ3v) is 4.54. The first-order chi connectivity index (χ1) is 13.7. The molecule has 6 nitrogen and oxygen atoms in total. The van der Waals surface area contributed by atoms with Crippen LogP contribution in [0.3, 0.4) is 0 Å². The first kappa shape index (κ1) is 17.8. The van der Waals surface area contributed by atoms with Crippen molar-refractivity contribution < 1.29 is 15.0 Å². The highest BCUT2D eigenvalue weighted by atomic mass is 16.5. The number of carbonyl (C=O) groups excluding carboxylic acids is 1. The summed E-state index contributed by atoms with van der Waals surface area (Å²) in [7, 11) is 1.63. The number of hydrogen-bond donors (Lipinski definition) is 1. The molecular formula is C22H21N4O2+. The van der Waals surface area contributed by atoms with Gasteiger partial charge < -0.3 is 4.74 Å². The van der Waals surface area contributed by atoms with E-state index < -0.39 is 0 Å². The number of nitrogens with zero attached hydrogens (tertiary/aromatic N) is 3. The minimum Gasteiger partial charge on any atom is -0.497 e. The molecule has 0 atom stereocenters. The molecule has 6 heteroatoms. The molecule has 0 spiro atoms. The highest BCUT2D eigenvalue weighted by Crippen LogP contribution is 2.21. The smallest absolute Gasteiger partial charge is 0.298 e. The number of nitrogens with two attached hydrogens (primary N) is 1. The molecule has 1 amide bonds. The summed E-state index contributed by atoms with van der Waals surface area (Å²) in [5, 5.41) is 7.75. The molecule has 2 N–H and O–H groups in total. The number of rotatable bonds is 4. The van der Waals surface area contributed by atoms with Gasteiger partial charge >= 0.3 is 0 Å².